The summed E-state index contributed by atoms with van der Waals surface area (Å²) in [5, 5.41) is 0. The molecule has 110 valence electrons. The lowest BCUT2D eigenvalue weighted by molar-refractivity contribution is -0.661. The van der Waals surface area contributed by atoms with E-state index in [1.54, 1.807) is 0 Å². The van der Waals surface area contributed by atoms with E-state index < -0.39 is 0 Å². The molecule has 0 radical (unpaired) electrons. The number of nitrogens with zero attached hydrogens (tertiary/aromatic N) is 3. The standard InChI is InChI=1S/C19H21N3/c1-14-11-17(19-13-20-8-10-21(19)4)16(3)18(12-14)22-9-6-5-7-15(22)2/h5-13H,1-4H3/q+2. The fraction of sp³-hybridized carbons (Fsp3) is 0.211. The largest absolute Gasteiger partial charge is 0.252 e. The van der Waals surface area contributed by atoms with Crippen molar-refractivity contribution in [3.8, 4) is 16.9 Å². The zero-order valence-electron chi connectivity index (χ0n) is 13.5. The zero-order chi connectivity index (χ0) is 15.7. The average Bonchev–Trinajstić information content (AvgIpc) is 2.51. The molecule has 2 aromatic heterocycles. The molecular weight excluding hydrogens is 270 g/mol. The van der Waals surface area contributed by atoms with Gasteiger partial charge in [0.15, 0.2) is 18.1 Å². The normalized spacial score (nSPS) is 10.7. The van der Waals surface area contributed by atoms with Crippen molar-refractivity contribution in [3.63, 3.8) is 0 Å². The van der Waals surface area contributed by atoms with E-state index >= 15 is 0 Å². The number of aromatic nitrogens is 3. The maximum atomic E-state index is 4.28. The van der Waals surface area contributed by atoms with Crippen molar-refractivity contribution in [3.05, 3.63) is 71.9 Å². The van der Waals surface area contributed by atoms with Crippen LogP contribution < -0.4 is 9.13 Å². The maximum Gasteiger partial charge on any atom is 0.231 e. The van der Waals surface area contributed by atoms with Crippen LogP contribution in [0.25, 0.3) is 16.9 Å². The number of hydrogen-bond donors (Lipinski definition) is 0. The van der Waals surface area contributed by atoms with Crippen LogP contribution in [-0.2, 0) is 7.05 Å². The molecular formula is C19H21N3+2. The maximum absolute atomic E-state index is 4.28. The monoisotopic (exact) mass is 291 g/mol. The van der Waals surface area contributed by atoms with Crippen LogP contribution >= 0.6 is 0 Å². The molecule has 0 amide bonds. The first-order valence-corrected chi connectivity index (χ1v) is 7.47. The second-order valence-corrected chi connectivity index (χ2v) is 5.74. The number of rotatable bonds is 2. The topological polar surface area (TPSA) is 20.6 Å². The van der Waals surface area contributed by atoms with Gasteiger partial charge in [0, 0.05) is 30.7 Å². The molecule has 0 saturated carbocycles. The first-order chi connectivity index (χ1) is 10.6. The molecule has 2 heterocycles. The van der Waals surface area contributed by atoms with E-state index in [0.717, 1.165) is 5.69 Å². The lowest BCUT2D eigenvalue weighted by atomic mass is 10.00. The van der Waals surface area contributed by atoms with E-state index in [1.165, 1.54) is 28.1 Å². The van der Waals surface area contributed by atoms with E-state index in [2.05, 4.69) is 78.5 Å². The minimum Gasteiger partial charge on any atom is -0.252 e. The van der Waals surface area contributed by atoms with Crippen molar-refractivity contribution in [1.29, 1.82) is 0 Å². The fourth-order valence-electron chi connectivity index (χ4n) is 2.84. The number of hydrogen-bond acceptors (Lipinski definition) is 1. The van der Waals surface area contributed by atoms with Crippen molar-refractivity contribution in [2.75, 3.05) is 0 Å². The summed E-state index contributed by atoms with van der Waals surface area (Å²) in [5.41, 5.74) is 7.29. The number of aryl methyl sites for hydroxylation is 3. The van der Waals surface area contributed by atoms with Gasteiger partial charge in [-0.25, -0.2) is 0 Å². The molecule has 0 fully saturated rings. The highest BCUT2D eigenvalue weighted by Crippen LogP contribution is 2.25. The summed E-state index contributed by atoms with van der Waals surface area (Å²) in [7, 11) is 2.05. The Morgan fingerprint density at radius 2 is 1.82 bits per heavy atom. The second-order valence-electron chi connectivity index (χ2n) is 5.74. The summed E-state index contributed by atoms with van der Waals surface area (Å²) < 4.78 is 4.35. The van der Waals surface area contributed by atoms with Crippen molar-refractivity contribution >= 4 is 0 Å². The highest BCUT2D eigenvalue weighted by Gasteiger charge is 2.21. The Kier molecular flexibility index (Phi) is 3.72. The minimum absolute atomic E-state index is 1.12. The first-order valence-electron chi connectivity index (χ1n) is 7.47. The third kappa shape index (κ3) is 2.50. The molecule has 1 aromatic carbocycles. The van der Waals surface area contributed by atoms with E-state index in [-0.39, 0.29) is 0 Å². The van der Waals surface area contributed by atoms with Crippen molar-refractivity contribution in [2.24, 2.45) is 7.05 Å². The van der Waals surface area contributed by atoms with Gasteiger partial charge in [-0.3, -0.25) is 4.98 Å². The van der Waals surface area contributed by atoms with Crippen molar-refractivity contribution < 1.29 is 9.13 Å². The molecule has 3 heteroatoms. The van der Waals surface area contributed by atoms with Gasteiger partial charge in [0.25, 0.3) is 0 Å². The third-order valence-electron chi connectivity index (χ3n) is 4.08. The highest BCUT2D eigenvalue weighted by atomic mass is 15.0. The van der Waals surface area contributed by atoms with Gasteiger partial charge in [-0.1, -0.05) is 6.07 Å². The molecule has 3 rings (SSSR count). The highest BCUT2D eigenvalue weighted by molar-refractivity contribution is 5.65. The predicted octanol–water partition coefficient (Wildman–Crippen LogP) is 2.78. The minimum atomic E-state index is 1.12. The number of benzene rings is 1. The third-order valence-corrected chi connectivity index (χ3v) is 4.08. The Bertz CT molecular complexity index is 771. The average molecular weight is 291 g/mol. The Balaban J connectivity index is 2.28. The SMILES string of the molecule is Cc1cc(-c2cncc[n+]2C)c(C)c(-[n+]2ccccc2C)c1. The van der Waals surface area contributed by atoms with Gasteiger partial charge in [0.1, 0.15) is 7.05 Å². The summed E-state index contributed by atoms with van der Waals surface area (Å²) >= 11 is 0. The van der Waals surface area contributed by atoms with Crippen LogP contribution in [0.5, 0.6) is 0 Å². The summed E-state index contributed by atoms with van der Waals surface area (Å²) in [6, 6.07) is 10.7. The van der Waals surface area contributed by atoms with Gasteiger partial charge in [0.05, 0.1) is 18.0 Å². The molecule has 0 aliphatic carbocycles. The molecule has 3 nitrogen and oxygen atoms in total. The van der Waals surface area contributed by atoms with Gasteiger partial charge in [-0.05, 0) is 25.5 Å². The molecule has 0 aliphatic heterocycles. The van der Waals surface area contributed by atoms with Crippen LogP contribution in [0.3, 0.4) is 0 Å². The molecule has 0 atom stereocenters. The lowest BCUT2D eigenvalue weighted by Gasteiger charge is -2.09. The lowest BCUT2D eigenvalue weighted by Crippen LogP contribution is -2.35. The second kappa shape index (κ2) is 5.68. The van der Waals surface area contributed by atoms with Crippen LogP contribution in [0.15, 0.2) is 55.1 Å². The Labute approximate surface area is 131 Å². The Morgan fingerprint density at radius 3 is 2.55 bits per heavy atom. The molecule has 3 aromatic rings. The molecule has 0 bridgehead atoms. The van der Waals surface area contributed by atoms with Gasteiger partial charge >= 0.3 is 0 Å². The van der Waals surface area contributed by atoms with Crippen LogP contribution in [0.2, 0.25) is 0 Å². The smallest absolute Gasteiger partial charge is 0.231 e. The van der Waals surface area contributed by atoms with E-state index in [0.29, 0.717) is 0 Å². The van der Waals surface area contributed by atoms with Crippen LogP contribution in [0, 0.1) is 20.8 Å². The molecule has 22 heavy (non-hydrogen) atoms. The summed E-state index contributed by atoms with van der Waals surface area (Å²) in [4.78, 5) is 4.28. The molecule has 0 spiro atoms. The molecule has 0 N–H and O–H groups in total. The summed E-state index contributed by atoms with van der Waals surface area (Å²) in [6.45, 7) is 6.45. The summed E-state index contributed by atoms with van der Waals surface area (Å²) in [5.74, 6) is 0. The van der Waals surface area contributed by atoms with Crippen molar-refractivity contribution in [1.82, 2.24) is 4.98 Å². The van der Waals surface area contributed by atoms with E-state index in [1.807, 2.05) is 18.6 Å². The van der Waals surface area contributed by atoms with Crippen molar-refractivity contribution in [2.45, 2.75) is 20.8 Å². The van der Waals surface area contributed by atoms with Gasteiger partial charge in [-0.2, -0.15) is 9.13 Å². The van der Waals surface area contributed by atoms with Crippen LogP contribution in [0.4, 0.5) is 0 Å². The molecule has 0 unspecified atom stereocenters. The van der Waals surface area contributed by atoms with Gasteiger partial charge in [-0.15, -0.1) is 0 Å². The van der Waals surface area contributed by atoms with E-state index in [4.69, 9.17) is 0 Å². The quantitative estimate of drug-likeness (QED) is 0.665. The zero-order valence-corrected chi connectivity index (χ0v) is 13.5. The summed E-state index contributed by atoms with van der Waals surface area (Å²) in [6.07, 6.45) is 7.83. The number of pyridine rings is 1. The predicted molar refractivity (Wildman–Crippen MR) is 86.6 cm³/mol. The molecule has 0 saturated heterocycles. The first kappa shape index (κ1) is 14.4. The Morgan fingerprint density at radius 1 is 1.00 bits per heavy atom. The van der Waals surface area contributed by atoms with Gasteiger partial charge in [0.2, 0.25) is 11.4 Å². The van der Waals surface area contributed by atoms with E-state index in [9.17, 15) is 0 Å². The molecule has 0 aliphatic rings. The van der Waals surface area contributed by atoms with Gasteiger partial charge < -0.3 is 0 Å². The Hall–Kier alpha value is -2.55. The fourth-order valence-corrected chi connectivity index (χ4v) is 2.84. The van der Waals surface area contributed by atoms with Crippen LogP contribution in [0.1, 0.15) is 16.8 Å². The van der Waals surface area contributed by atoms with Crippen LogP contribution in [-0.4, -0.2) is 4.98 Å².